The van der Waals surface area contributed by atoms with Crippen LogP contribution in [0, 0.1) is 11.8 Å². The standard InChI is InChI=1S/C18H24F3N3O3/c19-18(20,21)14-3-1-12(2-4-14)9-16(25)23-7-5-15(6-8-23)24-11-13(10-22-24)17(26)27/h10-12,14-15H,1-9H2,(H,26,27). The van der Waals surface area contributed by atoms with Gasteiger partial charge in [0.25, 0.3) is 0 Å². The second-order valence-corrected chi connectivity index (χ2v) is 7.59. The first-order chi connectivity index (χ1) is 12.7. The minimum Gasteiger partial charge on any atom is -0.478 e. The number of hydrogen-bond donors (Lipinski definition) is 1. The van der Waals surface area contributed by atoms with Crippen LogP contribution in [0.25, 0.3) is 0 Å². The number of halogens is 3. The topological polar surface area (TPSA) is 75.4 Å². The quantitative estimate of drug-likeness (QED) is 0.858. The Balaban J connectivity index is 1.44. The van der Waals surface area contributed by atoms with E-state index in [-0.39, 0.29) is 36.3 Å². The minimum atomic E-state index is -4.12. The summed E-state index contributed by atoms with van der Waals surface area (Å²) in [6.45, 7) is 1.12. The van der Waals surface area contributed by atoms with E-state index >= 15 is 0 Å². The van der Waals surface area contributed by atoms with Gasteiger partial charge in [-0.15, -0.1) is 0 Å². The summed E-state index contributed by atoms with van der Waals surface area (Å²) < 4.78 is 39.8. The number of aromatic carboxylic acids is 1. The maximum Gasteiger partial charge on any atom is 0.391 e. The summed E-state index contributed by atoms with van der Waals surface area (Å²) in [7, 11) is 0. The lowest BCUT2D eigenvalue weighted by Crippen LogP contribution is -2.40. The Kier molecular flexibility index (Phi) is 5.76. The van der Waals surface area contributed by atoms with E-state index in [0.717, 1.165) is 0 Å². The highest BCUT2D eigenvalue weighted by atomic mass is 19.4. The summed E-state index contributed by atoms with van der Waals surface area (Å²) >= 11 is 0. The molecule has 0 unspecified atom stereocenters. The van der Waals surface area contributed by atoms with Crippen molar-refractivity contribution >= 4 is 11.9 Å². The van der Waals surface area contributed by atoms with Crippen molar-refractivity contribution in [3.05, 3.63) is 18.0 Å². The molecule has 1 aliphatic heterocycles. The molecule has 1 aliphatic carbocycles. The summed E-state index contributed by atoms with van der Waals surface area (Å²) in [5.41, 5.74) is 0.142. The van der Waals surface area contributed by atoms with E-state index in [1.54, 1.807) is 9.58 Å². The van der Waals surface area contributed by atoms with E-state index < -0.39 is 18.1 Å². The molecule has 1 saturated carbocycles. The van der Waals surface area contributed by atoms with Crippen molar-refractivity contribution in [3.8, 4) is 0 Å². The van der Waals surface area contributed by atoms with Gasteiger partial charge in [-0.1, -0.05) is 0 Å². The number of carboxylic acid groups (broad SMARTS) is 1. The lowest BCUT2D eigenvalue weighted by molar-refractivity contribution is -0.184. The second kappa shape index (κ2) is 7.90. The van der Waals surface area contributed by atoms with E-state index in [2.05, 4.69) is 5.10 Å². The van der Waals surface area contributed by atoms with E-state index in [1.165, 1.54) is 12.4 Å². The Morgan fingerprint density at radius 3 is 2.26 bits per heavy atom. The van der Waals surface area contributed by atoms with Crippen LogP contribution in [0.2, 0.25) is 0 Å². The molecule has 1 aromatic heterocycles. The van der Waals surface area contributed by atoms with E-state index in [4.69, 9.17) is 5.11 Å². The number of carbonyl (C=O) groups excluding carboxylic acids is 1. The number of amides is 1. The molecular formula is C18H24F3N3O3. The highest BCUT2D eigenvalue weighted by Crippen LogP contribution is 2.40. The largest absolute Gasteiger partial charge is 0.478 e. The second-order valence-electron chi connectivity index (χ2n) is 7.59. The molecule has 6 nitrogen and oxygen atoms in total. The highest BCUT2D eigenvalue weighted by molar-refractivity contribution is 5.86. The number of carboxylic acids is 1. The fourth-order valence-electron chi connectivity index (χ4n) is 4.10. The van der Waals surface area contributed by atoms with Crippen LogP contribution in [0.15, 0.2) is 12.4 Å². The van der Waals surface area contributed by atoms with Gasteiger partial charge in [-0.05, 0) is 44.4 Å². The van der Waals surface area contributed by atoms with E-state index in [1.807, 2.05) is 0 Å². The zero-order valence-corrected chi connectivity index (χ0v) is 15.0. The molecule has 0 bridgehead atoms. The first kappa shape index (κ1) is 19.7. The van der Waals surface area contributed by atoms with Gasteiger partial charge in [0.1, 0.15) is 0 Å². The SMILES string of the molecule is O=C(O)c1cnn(C2CCN(C(=O)CC3CCC(C(F)(F)F)CC3)CC2)c1. The predicted octanol–water partition coefficient (Wildman–Crippen LogP) is 3.50. The predicted molar refractivity (Wildman–Crippen MR) is 90.2 cm³/mol. The molecule has 0 radical (unpaired) electrons. The van der Waals surface area contributed by atoms with Crippen molar-refractivity contribution in [1.82, 2.24) is 14.7 Å². The van der Waals surface area contributed by atoms with E-state index in [0.29, 0.717) is 45.2 Å². The van der Waals surface area contributed by atoms with Gasteiger partial charge in [-0.3, -0.25) is 9.48 Å². The van der Waals surface area contributed by atoms with Crippen molar-refractivity contribution in [3.63, 3.8) is 0 Å². The molecule has 1 saturated heterocycles. The smallest absolute Gasteiger partial charge is 0.391 e. The molecule has 2 heterocycles. The molecule has 1 N–H and O–H groups in total. The summed E-state index contributed by atoms with van der Waals surface area (Å²) in [5, 5.41) is 13.1. The average molecular weight is 387 g/mol. The fraction of sp³-hybridized carbons (Fsp3) is 0.722. The van der Waals surface area contributed by atoms with Crippen LogP contribution in [0.1, 0.15) is 61.3 Å². The van der Waals surface area contributed by atoms with Gasteiger partial charge in [-0.2, -0.15) is 18.3 Å². The van der Waals surface area contributed by atoms with Crippen LogP contribution >= 0.6 is 0 Å². The number of alkyl halides is 3. The third-order valence-electron chi connectivity index (χ3n) is 5.81. The first-order valence-corrected chi connectivity index (χ1v) is 9.36. The maximum absolute atomic E-state index is 12.7. The lowest BCUT2D eigenvalue weighted by atomic mass is 9.80. The Morgan fingerprint density at radius 1 is 1.11 bits per heavy atom. The van der Waals surface area contributed by atoms with Crippen LogP contribution in [-0.2, 0) is 4.79 Å². The monoisotopic (exact) mass is 387 g/mol. The molecule has 1 amide bonds. The van der Waals surface area contributed by atoms with Gasteiger partial charge in [0, 0.05) is 25.7 Å². The van der Waals surface area contributed by atoms with Crippen molar-refractivity contribution in [1.29, 1.82) is 0 Å². The number of hydrogen-bond acceptors (Lipinski definition) is 3. The molecule has 27 heavy (non-hydrogen) atoms. The van der Waals surface area contributed by atoms with Crippen LogP contribution in [0.4, 0.5) is 13.2 Å². The number of carbonyl (C=O) groups is 2. The van der Waals surface area contributed by atoms with Crippen LogP contribution < -0.4 is 0 Å². The zero-order valence-electron chi connectivity index (χ0n) is 15.0. The highest BCUT2D eigenvalue weighted by Gasteiger charge is 2.41. The summed E-state index contributed by atoms with van der Waals surface area (Å²) in [6.07, 6.45) is 1.55. The number of nitrogens with zero attached hydrogens (tertiary/aromatic N) is 3. The molecule has 2 fully saturated rings. The Labute approximate surface area is 155 Å². The third kappa shape index (κ3) is 4.81. The number of rotatable bonds is 4. The molecule has 3 rings (SSSR count). The first-order valence-electron chi connectivity index (χ1n) is 9.36. The molecule has 0 aromatic carbocycles. The third-order valence-corrected chi connectivity index (χ3v) is 5.81. The van der Waals surface area contributed by atoms with Crippen molar-refractivity contribution in [2.24, 2.45) is 11.8 Å². The summed E-state index contributed by atoms with van der Waals surface area (Å²) in [5.74, 6) is -2.19. The van der Waals surface area contributed by atoms with Gasteiger partial charge in [0.15, 0.2) is 0 Å². The average Bonchev–Trinajstić information content (AvgIpc) is 3.12. The Hall–Kier alpha value is -2.06. The Morgan fingerprint density at radius 2 is 1.74 bits per heavy atom. The lowest BCUT2D eigenvalue weighted by Gasteiger charge is -2.34. The van der Waals surface area contributed by atoms with Crippen LogP contribution in [0.5, 0.6) is 0 Å². The number of aromatic nitrogens is 2. The van der Waals surface area contributed by atoms with E-state index in [9.17, 15) is 22.8 Å². The molecule has 2 aliphatic rings. The van der Waals surface area contributed by atoms with Crippen LogP contribution in [0.3, 0.4) is 0 Å². The zero-order chi connectivity index (χ0) is 19.6. The minimum absolute atomic E-state index is 0.00981. The van der Waals surface area contributed by atoms with Crippen molar-refractivity contribution < 1.29 is 27.9 Å². The maximum atomic E-state index is 12.7. The van der Waals surface area contributed by atoms with Crippen molar-refractivity contribution in [2.45, 2.75) is 57.2 Å². The van der Waals surface area contributed by atoms with Gasteiger partial charge < -0.3 is 10.0 Å². The van der Waals surface area contributed by atoms with Crippen molar-refractivity contribution in [2.75, 3.05) is 13.1 Å². The van der Waals surface area contributed by atoms with Gasteiger partial charge in [0.05, 0.1) is 23.7 Å². The van der Waals surface area contributed by atoms with Gasteiger partial charge in [0.2, 0.25) is 5.91 Å². The number of piperidine rings is 1. The normalized spacial score (nSPS) is 24.8. The molecule has 0 atom stereocenters. The fourth-order valence-corrected chi connectivity index (χ4v) is 4.10. The molecule has 150 valence electrons. The molecular weight excluding hydrogens is 363 g/mol. The Bertz CT molecular complexity index is 673. The summed E-state index contributed by atoms with van der Waals surface area (Å²) in [4.78, 5) is 25.2. The van der Waals surface area contributed by atoms with Crippen LogP contribution in [-0.4, -0.2) is 50.9 Å². The molecule has 1 aromatic rings. The van der Waals surface area contributed by atoms with Gasteiger partial charge in [-0.25, -0.2) is 4.79 Å². The molecule has 0 spiro atoms. The van der Waals surface area contributed by atoms with Gasteiger partial charge >= 0.3 is 12.1 Å². The molecule has 9 heteroatoms. The number of likely N-dealkylation sites (tertiary alicyclic amines) is 1. The summed E-state index contributed by atoms with van der Waals surface area (Å²) in [6, 6.07) is 0.0596.